The summed E-state index contributed by atoms with van der Waals surface area (Å²) in [5.74, 6) is 1.97. The third kappa shape index (κ3) is 7.17. The van der Waals surface area contributed by atoms with Crippen LogP contribution in [0.25, 0.3) is 0 Å². The number of piperidine rings is 1. The number of amides is 1. The van der Waals surface area contributed by atoms with Gasteiger partial charge in [-0.3, -0.25) is 4.79 Å². The van der Waals surface area contributed by atoms with Crippen molar-refractivity contribution in [2.75, 3.05) is 46.9 Å². The van der Waals surface area contributed by atoms with Gasteiger partial charge in [-0.25, -0.2) is 13.1 Å². The van der Waals surface area contributed by atoms with E-state index in [0.29, 0.717) is 29.9 Å². The second-order valence-electron chi connectivity index (χ2n) is 7.72. The molecule has 1 fully saturated rings. The maximum Gasteiger partial charge on any atom is 0.240 e. The van der Waals surface area contributed by atoms with Crippen molar-refractivity contribution in [3.63, 3.8) is 0 Å². The first kappa shape index (κ1) is 23.4. The summed E-state index contributed by atoms with van der Waals surface area (Å²) < 4.78 is 37.5. The van der Waals surface area contributed by atoms with Gasteiger partial charge in [0, 0.05) is 45.2 Å². The predicted octanol–water partition coefficient (Wildman–Crippen LogP) is 1.47. The van der Waals surface area contributed by atoms with Crippen molar-refractivity contribution in [1.82, 2.24) is 14.9 Å². The van der Waals surface area contributed by atoms with Crippen molar-refractivity contribution in [3.8, 4) is 11.5 Å². The lowest BCUT2D eigenvalue weighted by molar-refractivity contribution is -0.121. The average molecular weight is 428 g/mol. The van der Waals surface area contributed by atoms with Gasteiger partial charge in [0.15, 0.2) is 11.5 Å². The summed E-state index contributed by atoms with van der Waals surface area (Å²) >= 11 is 0. The summed E-state index contributed by atoms with van der Waals surface area (Å²) in [5, 5.41) is 2.87. The van der Waals surface area contributed by atoms with Gasteiger partial charge < -0.3 is 19.7 Å². The molecule has 2 unspecified atom stereocenters. The first-order valence-electron chi connectivity index (χ1n) is 9.96. The van der Waals surface area contributed by atoms with Gasteiger partial charge >= 0.3 is 0 Å². The number of ether oxygens (including phenoxy) is 2. The number of hydrogen-bond acceptors (Lipinski definition) is 6. The van der Waals surface area contributed by atoms with E-state index in [1.165, 1.54) is 38.8 Å². The number of benzene rings is 1. The molecule has 1 amide bonds. The van der Waals surface area contributed by atoms with Gasteiger partial charge in [0.1, 0.15) is 0 Å². The second kappa shape index (κ2) is 10.8. The third-order valence-electron chi connectivity index (χ3n) is 5.00. The van der Waals surface area contributed by atoms with Crippen LogP contribution in [0.3, 0.4) is 0 Å². The molecule has 0 aliphatic carbocycles. The van der Waals surface area contributed by atoms with Gasteiger partial charge in [0.05, 0.1) is 19.1 Å². The summed E-state index contributed by atoms with van der Waals surface area (Å²) in [4.78, 5) is 14.5. The van der Waals surface area contributed by atoms with E-state index in [4.69, 9.17) is 9.47 Å². The number of nitrogens with zero attached hydrogens (tertiary/aromatic N) is 1. The van der Waals surface area contributed by atoms with E-state index in [2.05, 4.69) is 28.8 Å². The van der Waals surface area contributed by atoms with Gasteiger partial charge in [-0.05, 0) is 30.4 Å². The molecule has 8 nitrogen and oxygen atoms in total. The van der Waals surface area contributed by atoms with Crippen LogP contribution in [-0.2, 0) is 14.8 Å². The second-order valence-corrected chi connectivity index (χ2v) is 9.49. The van der Waals surface area contributed by atoms with Crippen molar-refractivity contribution in [3.05, 3.63) is 18.2 Å². The van der Waals surface area contributed by atoms with Crippen LogP contribution in [0.5, 0.6) is 11.5 Å². The highest BCUT2D eigenvalue weighted by atomic mass is 32.2. The Morgan fingerprint density at radius 1 is 1.10 bits per heavy atom. The van der Waals surface area contributed by atoms with E-state index in [0.717, 1.165) is 19.6 Å². The van der Waals surface area contributed by atoms with Crippen LogP contribution in [0, 0.1) is 11.8 Å². The van der Waals surface area contributed by atoms with Crippen molar-refractivity contribution in [2.45, 2.75) is 31.6 Å². The van der Waals surface area contributed by atoms with Crippen LogP contribution in [0.15, 0.2) is 23.1 Å². The summed E-state index contributed by atoms with van der Waals surface area (Å²) in [6.07, 6.45) is 1.34. The van der Waals surface area contributed by atoms with Gasteiger partial charge in [-0.15, -0.1) is 0 Å². The fourth-order valence-corrected chi connectivity index (χ4v) is 4.83. The molecule has 164 valence electrons. The standard InChI is InChI=1S/C20H33N3O5S/c1-15-11-16(2)14-23(13-15)10-9-21-20(24)7-8-22-29(25,26)17-5-6-18(27-3)19(12-17)28-4/h5-6,12,15-16,22H,7-11,13-14H2,1-4H3,(H,21,24). The number of carbonyl (C=O) groups is 1. The lowest BCUT2D eigenvalue weighted by Crippen LogP contribution is -2.43. The summed E-state index contributed by atoms with van der Waals surface area (Å²) in [7, 11) is -0.814. The summed E-state index contributed by atoms with van der Waals surface area (Å²) in [6, 6.07) is 4.36. The highest BCUT2D eigenvalue weighted by Gasteiger charge is 2.21. The molecule has 2 atom stereocenters. The zero-order valence-electron chi connectivity index (χ0n) is 17.7. The fraction of sp³-hybridized carbons (Fsp3) is 0.650. The zero-order chi connectivity index (χ0) is 21.4. The quantitative estimate of drug-likeness (QED) is 0.587. The molecule has 29 heavy (non-hydrogen) atoms. The molecule has 2 rings (SSSR count). The molecule has 1 saturated heterocycles. The molecule has 0 spiro atoms. The smallest absolute Gasteiger partial charge is 0.240 e. The molecule has 0 radical (unpaired) electrons. The fourth-order valence-electron chi connectivity index (χ4n) is 3.78. The van der Waals surface area contributed by atoms with Gasteiger partial charge in [-0.2, -0.15) is 0 Å². The molecule has 0 saturated carbocycles. The van der Waals surface area contributed by atoms with E-state index in [1.807, 2.05) is 0 Å². The molecule has 1 heterocycles. The normalized spacial score (nSPS) is 20.3. The van der Waals surface area contributed by atoms with E-state index in [-0.39, 0.29) is 23.8 Å². The highest BCUT2D eigenvalue weighted by molar-refractivity contribution is 7.89. The number of hydrogen-bond donors (Lipinski definition) is 2. The minimum Gasteiger partial charge on any atom is -0.493 e. The molecule has 9 heteroatoms. The Kier molecular flexibility index (Phi) is 8.73. The number of methoxy groups -OCH3 is 2. The minimum atomic E-state index is -3.74. The molecule has 1 aliphatic heterocycles. The first-order chi connectivity index (χ1) is 13.7. The topological polar surface area (TPSA) is 97.0 Å². The molecular weight excluding hydrogens is 394 g/mol. The van der Waals surface area contributed by atoms with Crippen molar-refractivity contribution < 1.29 is 22.7 Å². The zero-order valence-corrected chi connectivity index (χ0v) is 18.5. The molecule has 0 aromatic heterocycles. The molecule has 2 N–H and O–H groups in total. The Bertz CT molecular complexity index is 774. The monoisotopic (exact) mass is 427 g/mol. The number of sulfonamides is 1. The average Bonchev–Trinajstić information content (AvgIpc) is 2.66. The third-order valence-corrected chi connectivity index (χ3v) is 6.46. The lowest BCUT2D eigenvalue weighted by Gasteiger charge is -2.34. The van der Waals surface area contributed by atoms with Crippen LogP contribution in [0.1, 0.15) is 26.7 Å². The molecular formula is C20H33N3O5S. The Morgan fingerprint density at radius 3 is 2.38 bits per heavy atom. The minimum absolute atomic E-state index is 0.0281. The summed E-state index contributed by atoms with van der Waals surface area (Å²) in [6.45, 7) is 8.05. The number of carbonyl (C=O) groups excluding carboxylic acids is 1. The molecule has 0 bridgehead atoms. The Labute approximate surface area is 174 Å². The van der Waals surface area contributed by atoms with E-state index < -0.39 is 10.0 Å². The van der Waals surface area contributed by atoms with Gasteiger partial charge in [0.2, 0.25) is 15.9 Å². The summed E-state index contributed by atoms with van der Waals surface area (Å²) in [5.41, 5.74) is 0. The van der Waals surface area contributed by atoms with E-state index in [9.17, 15) is 13.2 Å². The van der Waals surface area contributed by atoms with E-state index in [1.54, 1.807) is 0 Å². The van der Waals surface area contributed by atoms with Gasteiger partial charge in [-0.1, -0.05) is 13.8 Å². The Balaban J connectivity index is 1.75. The predicted molar refractivity (Wildman–Crippen MR) is 112 cm³/mol. The van der Waals surface area contributed by atoms with Crippen LogP contribution >= 0.6 is 0 Å². The van der Waals surface area contributed by atoms with Crippen molar-refractivity contribution in [1.29, 1.82) is 0 Å². The maximum absolute atomic E-state index is 12.4. The van der Waals surface area contributed by atoms with Crippen LogP contribution in [0.2, 0.25) is 0 Å². The van der Waals surface area contributed by atoms with Crippen LogP contribution in [-0.4, -0.2) is 66.2 Å². The highest BCUT2D eigenvalue weighted by Crippen LogP contribution is 2.29. The van der Waals surface area contributed by atoms with Crippen molar-refractivity contribution >= 4 is 15.9 Å². The van der Waals surface area contributed by atoms with Gasteiger partial charge in [0.25, 0.3) is 0 Å². The Hall–Kier alpha value is -1.84. The molecule has 1 aromatic rings. The number of rotatable bonds is 10. The Morgan fingerprint density at radius 2 is 1.76 bits per heavy atom. The van der Waals surface area contributed by atoms with Crippen LogP contribution < -0.4 is 19.5 Å². The maximum atomic E-state index is 12.4. The van der Waals surface area contributed by atoms with Crippen LogP contribution in [0.4, 0.5) is 0 Å². The van der Waals surface area contributed by atoms with E-state index >= 15 is 0 Å². The SMILES string of the molecule is COc1ccc(S(=O)(=O)NCCC(=O)NCCN2CC(C)CC(C)C2)cc1OC. The number of likely N-dealkylation sites (tertiary alicyclic amines) is 1. The molecule has 1 aliphatic rings. The first-order valence-corrected chi connectivity index (χ1v) is 11.4. The van der Waals surface area contributed by atoms with Crippen molar-refractivity contribution in [2.24, 2.45) is 11.8 Å². The number of nitrogens with one attached hydrogen (secondary N) is 2. The largest absolute Gasteiger partial charge is 0.493 e. The molecule has 1 aromatic carbocycles. The lowest BCUT2D eigenvalue weighted by atomic mass is 9.92.